The summed E-state index contributed by atoms with van der Waals surface area (Å²) in [6, 6.07) is 46.4. The van der Waals surface area contributed by atoms with E-state index in [1.165, 1.54) is 21.9 Å². The standard InChI is InChI=1S/C39H27N3/c1-39(2)34-23-30(27-13-11-26(25-40)12-14-27)17-21-37(34)42(36-10-6-8-29-7-4-5-9-33(29)36)38-22-18-31(24-35(38)39)28-15-19-32(41-3)20-16-28/h4-24H,1-2H3. The molecule has 6 aromatic rings. The Hall–Kier alpha value is -5.64. The van der Waals surface area contributed by atoms with E-state index in [2.05, 4.69) is 109 Å². The van der Waals surface area contributed by atoms with E-state index in [1.54, 1.807) is 0 Å². The maximum absolute atomic E-state index is 9.29. The van der Waals surface area contributed by atoms with Crippen molar-refractivity contribution in [1.82, 2.24) is 0 Å². The molecule has 6 aromatic carbocycles. The molecule has 0 saturated carbocycles. The monoisotopic (exact) mass is 537 g/mol. The van der Waals surface area contributed by atoms with Crippen molar-refractivity contribution in [2.75, 3.05) is 4.90 Å². The number of benzene rings is 6. The quantitative estimate of drug-likeness (QED) is 0.210. The van der Waals surface area contributed by atoms with E-state index in [0.29, 0.717) is 11.3 Å². The molecule has 0 amide bonds. The fraction of sp³-hybridized carbons (Fsp3) is 0.0769. The SMILES string of the molecule is [C-]#[N+]c1ccc(-c2ccc3c(c2)C(C)(C)c2cc(-c4ccc(C#N)cc4)ccc2N3c2cccc3ccccc23)cc1. The van der Waals surface area contributed by atoms with Crippen LogP contribution in [0.25, 0.3) is 37.9 Å². The fourth-order valence-corrected chi connectivity index (χ4v) is 6.23. The Morgan fingerprint density at radius 3 is 1.76 bits per heavy atom. The molecule has 7 rings (SSSR count). The Morgan fingerprint density at radius 2 is 1.17 bits per heavy atom. The van der Waals surface area contributed by atoms with Crippen LogP contribution in [0.2, 0.25) is 0 Å². The molecule has 0 N–H and O–H groups in total. The number of anilines is 3. The Kier molecular flexibility index (Phi) is 5.89. The summed E-state index contributed by atoms with van der Waals surface area (Å²) in [6.45, 7) is 11.9. The Balaban J connectivity index is 1.47. The minimum atomic E-state index is -0.291. The molecule has 0 aromatic heterocycles. The lowest BCUT2D eigenvalue weighted by atomic mass is 9.72. The van der Waals surface area contributed by atoms with Crippen molar-refractivity contribution >= 4 is 33.5 Å². The molecular weight excluding hydrogens is 510 g/mol. The highest BCUT2D eigenvalue weighted by Gasteiger charge is 2.37. The molecule has 198 valence electrons. The highest BCUT2D eigenvalue weighted by atomic mass is 15.2. The van der Waals surface area contributed by atoms with Crippen LogP contribution in [0.15, 0.2) is 127 Å². The van der Waals surface area contributed by atoms with Crippen LogP contribution in [-0.4, -0.2) is 0 Å². The van der Waals surface area contributed by atoms with Gasteiger partial charge in [-0.25, -0.2) is 4.85 Å². The van der Waals surface area contributed by atoms with Gasteiger partial charge in [0.1, 0.15) is 0 Å². The molecule has 0 fully saturated rings. The lowest BCUT2D eigenvalue weighted by molar-refractivity contribution is 0.632. The predicted octanol–water partition coefficient (Wildman–Crippen LogP) is 10.7. The smallest absolute Gasteiger partial charge is 0.187 e. The second-order valence-electron chi connectivity index (χ2n) is 11.3. The van der Waals surface area contributed by atoms with E-state index in [9.17, 15) is 5.26 Å². The maximum Gasteiger partial charge on any atom is 0.187 e. The zero-order valence-electron chi connectivity index (χ0n) is 23.5. The van der Waals surface area contributed by atoms with Crippen molar-refractivity contribution in [1.29, 1.82) is 5.26 Å². The van der Waals surface area contributed by atoms with E-state index in [4.69, 9.17) is 6.57 Å². The summed E-state index contributed by atoms with van der Waals surface area (Å²) in [7, 11) is 0. The first kappa shape index (κ1) is 25.3. The second kappa shape index (κ2) is 9.77. The summed E-state index contributed by atoms with van der Waals surface area (Å²) >= 11 is 0. The van der Waals surface area contributed by atoms with Gasteiger partial charge in [-0.2, -0.15) is 5.26 Å². The Bertz CT molecular complexity index is 1960. The lowest BCUT2D eigenvalue weighted by Gasteiger charge is -2.43. The molecule has 1 aliphatic heterocycles. The Morgan fingerprint density at radius 1 is 0.619 bits per heavy atom. The third-order valence-electron chi connectivity index (χ3n) is 8.51. The van der Waals surface area contributed by atoms with Crippen molar-refractivity contribution in [3.8, 4) is 28.3 Å². The fourth-order valence-electron chi connectivity index (χ4n) is 6.23. The van der Waals surface area contributed by atoms with Crippen molar-refractivity contribution < 1.29 is 0 Å². The highest BCUT2D eigenvalue weighted by Crippen LogP contribution is 2.54. The number of nitriles is 1. The highest BCUT2D eigenvalue weighted by molar-refractivity contribution is 6.01. The first-order chi connectivity index (χ1) is 20.5. The molecule has 3 heteroatoms. The zero-order chi connectivity index (χ0) is 28.8. The van der Waals surface area contributed by atoms with Gasteiger partial charge >= 0.3 is 0 Å². The molecule has 0 saturated heterocycles. The van der Waals surface area contributed by atoms with E-state index < -0.39 is 0 Å². The summed E-state index contributed by atoms with van der Waals surface area (Å²) < 4.78 is 0. The second-order valence-corrected chi connectivity index (χ2v) is 11.3. The van der Waals surface area contributed by atoms with Crippen molar-refractivity contribution in [2.45, 2.75) is 19.3 Å². The molecule has 42 heavy (non-hydrogen) atoms. The molecule has 3 nitrogen and oxygen atoms in total. The molecular formula is C39H27N3. The summed E-state index contributed by atoms with van der Waals surface area (Å²) in [5.41, 5.74) is 11.4. The van der Waals surface area contributed by atoms with Crippen LogP contribution in [0.5, 0.6) is 0 Å². The zero-order valence-corrected chi connectivity index (χ0v) is 23.5. The Labute approximate surface area is 246 Å². The average molecular weight is 538 g/mol. The van der Waals surface area contributed by atoms with Crippen LogP contribution < -0.4 is 4.90 Å². The summed E-state index contributed by atoms with van der Waals surface area (Å²) in [5.74, 6) is 0. The van der Waals surface area contributed by atoms with Gasteiger partial charge in [-0.1, -0.05) is 98.8 Å². The molecule has 0 spiro atoms. The van der Waals surface area contributed by atoms with E-state index in [-0.39, 0.29) is 5.41 Å². The first-order valence-corrected chi connectivity index (χ1v) is 14.0. The number of rotatable bonds is 3. The molecule has 1 aliphatic rings. The summed E-state index contributed by atoms with van der Waals surface area (Å²) in [4.78, 5) is 5.97. The van der Waals surface area contributed by atoms with E-state index >= 15 is 0 Å². The summed E-state index contributed by atoms with van der Waals surface area (Å²) in [6.07, 6.45) is 0. The molecule has 0 unspecified atom stereocenters. The van der Waals surface area contributed by atoms with Crippen LogP contribution in [-0.2, 0) is 5.41 Å². The molecule has 0 aliphatic carbocycles. The van der Waals surface area contributed by atoms with Crippen LogP contribution in [0.4, 0.5) is 22.7 Å². The van der Waals surface area contributed by atoms with Gasteiger partial charge in [0.05, 0.1) is 35.3 Å². The van der Waals surface area contributed by atoms with Crippen LogP contribution in [0.3, 0.4) is 0 Å². The molecule has 1 heterocycles. The topological polar surface area (TPSA) is 31.4 Å². The van der Waals surface area contributed by atoms with Crippen LogP contribution in [0, 0.1) is 17.9 Å². The minimum absolute atomic E-state index is 0.291. The third-order valence-corrected chi connectivity index (χ3v) is 8.51. The minimum Gasteiger partial charge on any atom is -0.309 e. The van der Waals surface area contributed by atoms with Gasteiger partial charge in [0.15, 0.2) is 5.69 Å². The van der Waals surface area contributed by atoms with Crippen molar-refractivity contribution in [3.05, 3.63) is 156 Å². The van der Waals surface area contributed by atoms with Crippen molar-refractivity contribution in [3.63, 3.8) is 0 Å². The van der Waals surface area contributed by atoms with Crippen molar-refractivity contribution in [2.24, 2.45) is 0 Å². The molecule has 0 atom stereocenters. The molecule has 0 radical (unpaired) electrons. The van der Waals surface area contributed by atoms with E-state index in [1.807, 2.05) is 48.5 Å². The van der Waals surface area contributed by atoms with Crippen LogP contribution >= 0.6 is 0 Å². The predicted molar refractivity (Wildman–Crippen MR) is 173 cm³/mol. The number of fused-ring (bicyclic) bond motifs is 3. The first-order valence-electron chi connectivity index (χ1n) is 14.0. The third kappa shape index (κ3) is 4.03. The largest absolute Gasteiger partial charge is 0.309 e. The van der Waals surface area contributed by atoms with Gasteiger partial charge in [0.2, 0.25) is 0 Å². The summed E-state index contributed by atoms with van der Waals surface area (Å²) in [5, 5.41) is 11.7. The number of hydrogen-bond donors (Lipinski definition) is 0. The van der Waals surface area contributed by atoms with Gasteiger partial charge in [-0.15, -0.1) is 0 Å². The van der Waals surface area contributed by atoms with Gasteiger partial charge in [-0.3, -0.25) is 0 Å². The van der Waals surface area contributed by atoms with E-state index in [0.717, 1.165) is 39.3 Å². The van der Waals surface area contributed by atoms with Crippen LogP contribution in [0.1, 0.15) is 30.5 Å². The normalized spacial score (nSPS) is 13.1. The average Bonchev–Trinajstić information content (AvgIpc) is 3.05. The van der Waals surface area contributed by atoms with Gasteiger partial charge in [-0.05, 0) is 81.2 Å². The maximum atomic E-state index is 9.29. The van der Waals surface area contributed by atoms with Gasteiger partial charge < -0.3 is 4.90 Å². The lowest BCUT2D eigenvalue weighted by Crippen LogP contribution is -2.30. The number of nitrogens with zero attached hydrogens (tertiary/aromatic N) is 3. The molecule has 0 bridgehead atoms. The van der Waals surface area contributed by atoms with Gasteiger partial charge in [0.25, 0.3) is 0 Å². The van der Waals surface area contributed by atoms with Gasteiger partial charge in [0, 0.05) is 10.8 Å². The number of hydrogen-bond acceptors (Lipinski definition) is 2.